The number of benzene rings is 3. The first-order valence-electron chi connectivity index (χ1n) is 10.4. The smallest absolute Gasteiger partial charge is 0.0239 e. The maximum atomic E-state index is 4.51. The van der Waals surface area contributed by atoms with E-state index in [9.17, 15) is 0 Å². The van der Waals surface area contributed by atoms with Gasteiger partial charge in [0, 0.05) is 37.2 Å². The standard InChI is InChI=1S/C18H12NS.C11H8N.Ir/c1-12-9-10-19-16(11-12)15-7-4-6-14-13-5-2-3-8-17(13)20-18(14)15;1-2-6-10(7-3-1)11-8-4-5-9-12-11;/h2-6,8-11H,1H3;1-6,8-9H;/q2*-1;. The molecular weight excluding hydrogens is 601 g/mol. The Labute approximate surface area is 211 Å². The molecule has 0 atom stereocenters. The summed E-state index contributed by atoms with van der Waals surface area (Å²) < 4.78 is 2.59. The van der Waals surface area contributed by atoms with E-state index in [1.54, 1.807) is 6.20 Å². The summed E-state index contributed by atoms with van der Waals surface area (Å²) >= 11 is 1.82. The van der Waals surface area contributed by atoms with Crippen LogP contribution in [0.1, 0.15) is 5.56 Å². The van der Waals surface area contributed by atoms with Gasteiger partial charge in [-0.05, 0) is 46.6 Å². The third-order valence-corrected chi connectivity index (χ3v) is 6.36. The maximum absolute atomic E-state index is 4.51. The minimum absolute atomic E-state index is 0. The molecule has 0 fully saturated rings. The quantitative estimate of drug-likeness (QED) is 0.185. The monoisotopic (exact) mass is 621 g/mol. The Hall–Kier alpha value is -3.17. The third-order valence-electron chi connectivity index (χ3n) is 5.16. The van der Waals surface area contributed by atoms with Gasteiger partial charge in [0.2, 0.25) is 0 Å². The molecule has 3 aromatic carbocycles. The van der Waals surface area contributed by atoms with Crippen LogP contribution in [0.4, 0.5) is 0 Å². The number of hydrogen-bond donors (Lipinski definition) is 0. The molecule has 4 heteroatoms. The van der Waals surface area contributed by atoms with E-state index in [0.717, 1.165) is 22.5 Å². The van der Waals surface area contributed by atoms with Crippen molar-refractivity contribution in [3.8, 4) is 22.5 Å². The summed E-state index contributed by atoms with van der Waals surface area (Å²) in [6.45, 7) is 2.09. The molecule has 3 heterocycles. The van der Waals surface area contributed by atoms with Crippen molar-refractivity contribution in [3.63, 3.8) is 0 Å². The number of fused-ring (bicyclic) bond motifs is 3. The largest absolute Gasteiger partial charge is 0.305 e. The first-order valence-corrected chi connectivity index (χ1v) is 11.2. The van der Waals surface area contributed by atoms with E-state index in [1.165, 1.54) is 25.7 Å². The van der Waals surface area contributed by atoms with Gasteiger partial charge in [-0.2, -0.15) is 11.3 Å². The molecule has 163 valence electrons. The second kappa shape index (κ2) is 10.6. The van der Waals surface area contributed by atoms with E-state index in [2.05, 4.69) is 65.4 Å². The van der Waals surface area contributed by atoms with Gasteiger partial charge in [-0.1, -0.05) is 47.3 Å². The number of thiophene rings is 1. The fourth-order valence-corrected chi connectivity index (χ4v) is 4.84. The molecule has 0 saturated heterocycles. The predicted octanol–water partition coefficient (Wildman–Crippen LogP) is 7.77. The number of hydrogen-bond acceptors (Lipinski definition) is 3. The predicted molar refractivity (Wildman–Crippen MR) is 135 cm³/mol. The molecule has 0 bridgehead atoms. The van der Waals surface area contributed by atoms with Crippen LogP contribution in [0.25, 0.3) is 42.7 Å². The topological polar surface area (TPSA) is 25.8 Å². The van der Waals surface area contributed by atoms with Crippen LogP contribution in [0.5, 0.6) is 0 Å². The molecule has 6 aromatic rings. The summed E-state index contributed by atoms with van der Waals surface area (Å²) in [5.41, 5.74) is 5.34. The molecule has 1 radical (unpaired) electrons. The number of pyridine rings is 2. The van der Waals surface area contributed by atoms with Gasteiger partial charge in [-0.3, -0.25) is 0 Å². The number of aryl methyl sites for hydroxylation is 1. The molecule has 0 unspecified atom stereocenters. The zero-order valence-corrected chi connectivity index (χ0v) is 21.2. The number of rotatable bonds is 2. The number of nitrogens with zero attached hydrogens (tertiary/aromatic N) is 2. The molecule has 6 rings (SSSR count). The molecule has 0 saturated carbocycles. The number of aromatic nitrogens is 2. The van der Waals surface area contributed by atoms with Crippen molar-refractivity contribution in [3.05, 3.63) is 121 Å². The Balaban J connectivity index is 0.000000172. The van der Waals surface area contributed by atoms with Crippen LogP contribution in [-0.4, -0.2) is 9.97 Å². The van der Waals surface area contributed by atoms with Gasteiger partial charge in [-0.25, -0.2) is 0 Å². The van der Waals surface area contributed by atoms with Crippen molar-refractivity contribution in [2.24, 2.45) is 0 Å². The minimum atomic E-state index is 0. The zero-order valence-electron chi connectivity index (χ0n) is 18.0. The van der Waals surface area contributed by atoms with Gasteiger partial charge in [-0.15, -0.1) is 59.7 Å². The second-order valence-corrected chi connectivity index (χ2v) is 8.46. The normalized spacial score (nSPS) is 10.3. The van der Waals surface area contributed by atoms with Crippen LogP contribution in [0.2, 0.25) is 0 Å². The van der Waals surface area contributed by atoms with E-state index < -0.39 is 0 Å². The maximum Gasteiger partial charge on any atom is 0.0239 e. The zero-order chi connectivity index (χ0) is 21.8. The molecule has 0 amide bonds. The Morgan fingerprint density at radius 1 is 0.697 bits per heavy atom. The summed E-state index contributed by atoms with van der Waals surface area (Å²) in [5, 5.41) is 2.61. The van der Waals surface area contributed by atoms with Crippen LogP contribution in [0, 0.1) is 19.1 Å². The van der Waals surface area contributed by atoms with E-state index in [4.69, 9.17) is 0 Å². The van der Waals surface area contributed by atoms with Gasteiger partial charge in [0.15, 0.2) is 0 Å². The Kier molecular flexibility index (Phi) is 7.41. The van der Waals surface area contributed by atoms with Gasteiger partial charge < -0.3 is 9.97 Å². The fraction of sp³-hybridized carbons (Fsp3) is 0.0345. The van der Waals surface area contributed by atoms with Crippen molar-refractivity contribution < 1.29 is 20.1 Å². The molecule has 0 spiro atoms. The first kappa shape index (κ1) is 23.0. The summed E-state index contributed by atoms with van der Waals surface area (Å²) in [6.07, 6.45) is 3.65. The molecule has 2 nitrogen and oxygen atoms in total. The van der Waals surface area contributed by atoms with E-state index in [1.807, 2.05) is 72.1 Å². The molecule has 0 N–H and O–H groups in total. The van der Waals surface area contributed by atoms with Crippen LogP contribution in [0.15, 0.2) is 103 Å². The third kappa shape index (κ3) is 5.09. The molecule has 0 aliphatic rings. The molecule has 3 aromatic heterocycles. The van der Waals surface area contributed by atoms with Gasteiger partial charge in [0.25, 0.3) is 0 Å². The summed E-state index contributed by atoms with van der Waals surface area (Å²) in [4.78, 5) is 8.72. The molecule has 33 heavy (non-hydrogen) atoms. The molecule has 0 aliphatic carbocycles. The van der Waals surface area contributed by atoms with Crippen molar-refractivity contribution in [2.75, 3.05) is 0 Å². The Bertz CT molecular complexity index is 1440. The fourth-order valence-electron chi connectivity index (χ4n) is 3.63. The summed E-state index contributed by atoms with van der Waals surface area (Å²) in [6, 6.07) is 37.0. The molecular formula is C29H20IrN2S-2. The van der Waals surface area contributed by atoms with Crippen molar-refractivity contribution in [2.45, 2.75) is 6.92 Å². The second-order valence-electron chi connectivity index (χ2n) is 7.40. The minimum Gasteiger partial charge on any atom is -0.305 e. The van der Waals surface area contributed by atoms with E-state index in [-0.39, 0.29) is 20.1 Å². The SMILES string of the molecule is Cc1ccnc(-c2[c-]ccc3c2sc2ccccc23)c1.[Ir].[c-]1ccccc1-c1ccccn1. The molecule has 0 aliphatic heterocycles. The van der Waals surface area contributed by atoms with Crippen LogP contribution in [-0.2, 0) is 20.1 Å². The van der Waals surface area contributed by atoms with Crippen LogP contribution in [0.3, 0.4) is 0 Å². The Morgan fingerprint density at radius 3 is 2.30 bits per heavy atom. The van der Waals surface area contributed by atoms with E-state index >= 15 is 0 Å². The van der Waals surface area contributed by atoms with Crippen molar-refractivity contribution >= 4 is 31.5 Å². The van der Waals surface area contributed by atoms with Crippen LogP contribution < -0.4 is 0 Å². The van der Waals surface area contributed by atoms with Crippen LogP contribution >= 0.6 is 11.3 Å². The van der Waals surface area contributed by atoms with Gasteiger partial charge >= 0.3 is 0 Å². The average molecular weight is 621 g/mol. The van der Waals surface area contributed by atoms with Crippen molar-refractivity contribution in [1.29, 1.82) is 0 Å². The first-order chi connectivity index (χ1) is 15.8. The van der Waals surface area contributed by atoms with E-state index in [0.29, 0.717) is 0 Å². The van der Waals surface area contributed by atoms with Gasteiger partial charge in [0.05, 0.1) is 0 Å². The average Bonchev–Trinajstić information content (AvgIpc) is 3.24. The Morgan fingerprint density at radius 2 is 1.52 bits per heavy atom. The summed E-state index contributed by atoms with van der Waals surface area (Å²) in [7, 11) is 0. The van der Waals surface area contributed by atoms with Crippen molar-refractivity contribution in [1.82, 2.24) is 9.97 Å². The summed E-state index contributed by atoms with van der Waals surface area (Å²) in [5.74, 6) is 0. The van der Waals surface area contributed by atoms with Gasteiger partial charge in [0.1, 0.15) is 0 Å².